The number of rotatable bonds is 2. The van der Waals surface area contributed by atoms with Gasteiger partial charge < -0.3 is 11.1 Å². The van der Waals surface area contributed by atoms with Crippen molar-refractivity contribution in [1.29, 1.82) is 0 Å². The molecule has 0 spiro atoms. The van der Waals surface area contributed by atoms with Crippen molar-refractivity contribution < 1.29 is 13.6 Å². The molecule has 2 unspecified atom stereocenters. The SMILES string of the molecule is NC(=O)C1CNCC1c1cc(F)ccc1F. The van der Waals surface area contributed by atoms with E-state index in [1.807, 2.05) is 0 Å². The summed E-state index contributed by atoms with van der Waals surface area (Å²) in [7, 11) is 0. The maximum absolute atomic E-state index is 13.5. The number of carbonyl (C=O) groups excluding carboxylic acids is 1. The minimum atomic E-state index is -0.508. The van der Waals surface area contributed by atoms with Gasteiger partial charge in [-0.15, -0.1) is 0 Å². The van der Waals surface area contributed by atoms with Gasteiger partial charge in [0.15, 0.2) is 0 Å². The fourth-order valence-electron chi connectivity index (χ4n) is 2.10. The molecule has 1 fully saturated rings. The van der Waals surface area contributed by atoms with E-state index in [-0.39, 0.29) is 11.5 Å². The highest BCUT2D eigenvalue weighted by Crippen LogP contribution is 2.30. The molecule has 0 aliphatic carbocycles. The van der Waals surface area contributed by atoms with E-state index in [0.29, 0.717) is 13.1 Å². The fourth-order valence-corrected chi connectivity index (χ4v) is 2.10. The van der Waals surface area contributed by atoms with E-state index in [0.717, 1.165) is 18.2 Å². The molecule has 1 aliphatic heterocycles. The zero-order valence-electron chi connectivity index (χ0n) is 8.54. The first kappa shape index (κ1) is 11.0. The van der Waals surface area contributed by atoms with E-state index >= 15 is 0 Å². The summed E-state index contributed by atoms with van der Waals surface area (Å²) in [5.74, 6) is -2.35. The van der Waals surface area contributed by atoms with Gasteiger partial charge in [-0.2, -0.15) is 0 Å². The van der Waals surface area contributed by atoms with Crippen molar-refractivity contribution in [3.05, 3.63) is 35.4 Å². The van der Waals surface area contributed by atoms with Crippen LogP contribution in [0.2, 0.25) is 0 Å². The molecule has 1 amide bonds. The summed E-state index contributed by atoms with van der Waals surface area (Å²) in [6.45, 7) is 0.851. The lowest BCUT2D eigenvalue weighted by Gasteiger charge is -2.16. The normalized spacial score (nSPS) is 24.6. The van der Waals surface area contributed by atoms with Gasteiger partial charge in [0.1, 0.15) is 11.6 Å². The van der Waals surface area contributed by atoms with Crippen LogP contribution in [0.5, 0.6) is 0 Å². The van der Waals surface area contributed by atoms with Crippen LogP contribution in [0.15, 0.2) is 18.2 Å². The van der Waals surface area contributed by atoms with Gasteiger partial charge in [-0.05, 0) is 23.8 Å². The number of halogens is 2. The molecule has 3 N–H and O–H groups in total. The monoisotopic (exact) mass is 226 g/mol. The van der Waals surface area contributed by atoms with Crippen LogP contribution < -0.4 is 11.1 Å². The standard InChI is InChI=1S/C11H12F2N2O/c12-6-1-2-10(13)7(3-6)8-4-15-5-9(8)11(14)16/h1-3,8-9,15H,4-5H2,(H2,14,16). The Balaban J connectivity index is 2.35. The van der Waals surface area contributed by atoms with Crippen LogP contribution in [0.4, 0.5) is 8.78 Å². The number of carbonyl (C=O) groups is 1. The van der Waals surface area contributed by atoms with Crippen LogP contribution in [0.3, 0.4) is 0 Å². The van der Waals surface area contributed by atoms with Crippen LogP contribution in [0.1, 0.15) is 11.5 Å². The van der Waals surface area contributed by atoms with Crippen molar-refractivity contribution in [3.63, 3.8) is 0 Å². The van der Waals surface area contributed by atoms with Crippen LogP contribution in [0, 0.1) is 17.6 Å². The van der Waals surface area contributed by atoms with E-state index in [1.54, 1.807) is 0 Å². The maximum Gasteiger partial charge on any atom is 0.222 e. The van der Waals surface area contributed by atoms with E-state index in [9.17, 15) is 13.6 Å². The Morgan fingerprint density at radius 2 is 2.12 bits per heavy atom. The second kappa shape index (κ2) is 4.17. The van der Waals surface area contributed by atoms with Crippen LogP contribution in [-0.4, -0.2) is 19.0 Å². The van der Waals surface area contributed by atoms with Crippen LogP contribution >= 0.6 is 0 Å². The Kier molecular flexibility index (Phi) is 2.87. The Morgan fingerprint density at radius 3 is 2.81 bits per heavy atom. The molecular formula is C11H12F2N2O. The summed E-state index contributed by atoms with van der Waals surface area (Å²) in [6, 6.07) is 3.25. The Bertz CT molecular complexity index is 422. The molecule has 1 saturated heterocycles. The minimum absolute atomic E-state index is 0.216. The first-order valence-corrected chi connectivity index (χ1v) is 5.04. The molecule has 1 aromatic rings. The number of benzene rings is 1. The number of hydrogen-bond acceptors (Lipinski definition) is 2. The topological polar surface area (TPSA) is 55.1 Å². The average Bonchev–Trinajstić information content (AvgIpc) is 2.70. The van der Waals surface area contributed by atoms with Crippen LogP contribution in [0.25, 0.3) is 0 Å². The molecule has 2 rings (SSSR count). The third kappa shape index (κ3) is 1.90. The van der Waals surface area contributed by atoms with Gasteiger partial charge in [0.25, 0.3) is 0 Å². The molecule has 0 saturated carbocycles. The molecule has 5 heteroatoms. The first-order chi connectivity index (χ1) is 7.59. The van der Waals surface area contributed by atoms with E-state index in [2.05, 4.69) is 5.32 Å². The van der Waals surface area contributed by atoms with Crippen molar-refractivity contribution in [3.8, 4) is 0 Å². The van der Waals surface area contributed by atoms with Crippen molar-refractivity contribution in [2.24, 2.45) is 11.7 Å². The lowest BCUT2D eigenvalue weighted by atomic mass is 9.88. The second-order valence-electron chi connectivity index (χ2n) is 3.94. The molecule has 16 heavy (non-hydrogen) atoms. The Hall–Kier alpha value is -1.49. The molecule has 3 nitrogen and oxygen atoms in total. The zero-order valence-corrected chi connectivity index (χ0v) is 8.54. The average molecular weight is 226 g/mol. The number of hydrogen-bond donors (Lipinski definition) is 2. The molecule has 1 aliphatic rings. The molecule has 0 aromatic heterocycles. The van der Waals surface area contributed by atoms with Gasteiger partial charge in [-0.25, -0.2) is 8.78 Å². The number of nitrogens with one attached hydrogen (secondary N) is 1. The van der Waals surface area contributed by atoms with E-state index in [1.165, 1.54) is 0 Å². The summed E-state index contributed by atoms with van der Waals surface area (Å²) in [4.78, 5) is 11.1. The number of amides is 1. The fraction of sp³-hybridized carbons (Fsp3) is 0.364. The van der Waals surface area contributed by atoms with Crippen LogP contribution in [-0.2, 0) is 4.79 Å². The predicted octanol–water partition coefficient (Wildman–Crippen LogP) is 0.753. The number of primary amides is 1. The summed E-state index contributed by atoms with van der Waals surface area (Å²) < 4.78 is 26.5. The quantitative estimate of drug-likeness (QED) is 0.782. The van der Waals surface area contributed by atoms with E-state index < -0.39 is 23.5 Å². The van der Waals surface area contributed by atoms with Crippen molar-refractivity contribution >= 4 is 5.91 Å². The third-order valence-corrected chi connectivity index (χ3v) is 2.94. The van der Waals surface area contributed by atoms with E-state index in [4.69, 9.17) is 5.73 Å². The smallest absolute Gasteiger partial charge is 0.222 e. The second-order valence-corrected chi connectivity index (χ2v) is 3.94. The summed E-state index contributed by atoms with van der Waals surface area (Å²) in [5.41, 5.74) is 5.43. The predicted molar refractivity (Wildman–Crippen MR) is 54.7 cm³/mol. The summed E-state index contributed by atoms with van der Waals surface area (Å²) >= 11 is 0. The highest BCUT2D eigenvalue weighted by atomic mass is 19.1. The number of nitrogens with two attached hydrogens (primary N) is 1. The Labute approximate surface area is 91.6 Å². The molecular weight excluding hydrogens is 214 g/mol. The zero-order chi connectivity index (χ0) is 11.7. The minimum Gasteiger partial charge on any atom is -0.369 e. The van der Waals surface area contributed by atoms with Gasteiger partial charge in [-0.1, -0.05) is 0 Å². The lowest BCUT2D eigenvalue weighted by molar-refractivity contribution is -0.121. The molecule has 86 valence electrons. The summed E-state index contributed by atoms with van der Waals surface area (Å²) in [5, 5.41) is 2.96. The van der Waals surface area contributed by atoms with Gasteiger partial charge in [0.05, 0.1) is 5.92 Å². The van der Waals surface area contributed by atoms with Gasteiger partial charge in [0, 0.05) is 19.0 Å². The molecule has 0 radical (unpaired) electrons. The highest BCUT2D eigenvalue weighted by molar-refractivity contribution is 5.78. The first-order valence-electron chi connectivity index (χ1n) is 5.04. The lowest BCUT2D eigenvalue weighted by Crippen LogP contribution is -2.28. The molecule has 0 bridgehead atoms. The van der Waals surface area contributed by atoms with Crippen molar-refractivity contribution in [2.45, 2.75) is 5.92 Å². The Morgan fingerprint density at radius 1 is 1.38 bits per heavy atom. The summed E-state index contributed by atoms with van der Waals surface area (Å²) in [6.07, 6.45) is 0. The van der Waals surface area contributed by atoms with Crippen molar-refractivity contribution in [2.75, 3.05) is 13.1 Å². The van der Waals surface area contributed by atoms with Gasteiger partial charge >= 0.3 is 0 Å². The van der Waals surface area contributed by atoms with Gasteiger partial charge in [0.2, 0.25) is 5.91 Å². The third-order valence-electron chi connectivity index (χ3n) is 2.94. The largest absolute Gasteiger partial charge is 0.369 e. The molecule has 1 aromatic carbocycles. The van der Waals surface area contributed by atoms with Crippen molar-refractivity contribution in [1.82, 2.24) is 5.32 Å². The molecule has 1 heterocycles. The molecule has 2 atom stereocenters. The maximum atomic E-state index is 13.5. The van der Waals surface area contributed by atoms with Gasteiger partial charge in [-0.3, -0.25) is 4.79 Å². The highest BCUT2D eigenvalue weighted by Gasteiger charge is 2.34.